The van der Waals surface area contributed by atoms with Crippen LogP contribution in [0.5, 0.6) is 11.5 Å². The summed E-state index contributed by atoms with van der Waals surface area (Å²) in [7, 11) is 2.06. The van der Waals surface area contributed by atoms with Gasteiger partial charge >= 0.3 is 6.03 Å². The van der Waals surface area contributed by atoms with Crippen molar-refractivity contribution < 1.29 is 14.3 Å². The average molecular weight is 357 g/mol. The van der Waals surface area contributed by atoms with Crippen LogP contribution in [0.3, 0.4) is 0 Å². The van der Waals surface area contributed by atoms with Gasteiger partial charge in [-0.25, -0.2) is 4.79 Å². The number of ether oxygens (including phenoxy) is 2. The van der Waals surface area contributed by atoms with Crippen LogP contribution < -0.4 is 14.8 Å². The lowest BCUT2D eigenvalue weighted by Gasteiger charge is -2.32. The highest BCUT2D eigenvalue weighted by molar-refractivity contribution is 5.89. The van der Waals surface area contributed by atoms with Gasteiger partial charge in [0, 0.05) is 32.4 Å². The van der Waals surface area contributed by atoms with Crippen LogP contribution in [0.2, 0.25) is 0 Å². The number of likely N-dealkylation sites (N-methyl/N-ethyl adjacent to an activating group) is 1. The molecular formula is C18H23N5O3. The minimum absolute atomic E-state index is 0.0798. The van der Waals surface area contributed by atoms with Crippen LogP contribution in [-0.2, 0) is 6.54 Å². The molecule has 3 heterocycles. The molecule has 26 heavy (non-hydrogen) atoms. The van der Waals surface area contributed by atoms with E-state index in [1.807, 2.05) is 35.4 Å². The fourth-order valence-corrected chi connectivity index (χ4v) is 3.10. The summed E-state index contributed by atoms with van der Waals surface area (Å²) in [6.07, 6.45) is 3.36. The zero-order valence-electron chi connectivity index (χ0n) is 14.8. The monoisotopic (exact) mass is 357 g/mol. The van der Waals surface area contributed by atoms with Gasteiger partial charge in [-0.05, 0) is 19.2 Å². The summed E-state index contributed by atoms with van der Waals surface area (Å²) in [6, 6.07) is 7.55. The van der Waals surface area contributed by atoms with E-state index in [4.69, 9.17) is 9.47 Å². The number of benzene rings is 1. The highest BCUT2D eigenvalue weighted by Crippen LogP contribution is 2.31. The first-order valence-corrected chi connectivity index (χ1v) is 8.83. The minimum Gasteiger partial charge on any atom is -0.486 e. The number of fused-ring (bicyclic) bond motifs is 1. The molecule has 0 radical (unpaired) electrons. The van der Waals surface area contributed by atoms with Crippen LogP contribution in [0.1, 0.15) is 0 Å². The SMILES string of the molecule is CN1CCN(C(=O)Nc2cnn(CC3COc4ccccc4O3)c2)CC1. The van der Waals surface area contributed by atoms with Crippen molar-refractivity contribution >= 4 is 11.7 Å². The van der Waals surface area contributed by atoms with Crippen molar-refractivity contribution in [3.63, 3.8) is 0 Å². The number of nitrogens with one attached hydrogen (secondary N) is 1. The van der Waals surface area contributed by atoms with Crippen molar-refractivity contribution in [3.05, 3.63) is 36.7 Å². The van der Waals surface area contributed by atoms with Crippen molar-refractivity contribution in [1.82, 2.24) is 19.6 Å². The number of hydrogen-bond donors (Lipinski definition) is 1. The molecule has 0 bridgehead atoms. The number of carbonyl (C=O) groups is 1. The second-order valence-electron chi connectivity index (χ2n) is 6.67. The van der Waals surface area contributed by atoms with Crippen LogP contribution in [0.15, 0.2) is 36.7 Å². The van der Waals surface area contributed by atoms with E-state index in [0.29, 0.717) is 18.8 Å². The number of nitrogens with zero attached hydrogens (tertiary/aromatic N) is 4. The van der Waals surface area contributed by atoms with Crippen molar-refractivity contribution in [2.45, 2.75) is 12.6 Å². The molecule has 1 atom stereocenters. The summed E-state index contributed by atoms with van der Waals surface area (Å²) < 4.78 is 13.4. The van der Waals surface area contributed by atoms with Gasteiger partial charge in [-0.1, -0.05) is 12.1 Å². The van der Waals surface area contributed by atoms with Crippen LogP contribution in [0.4, 0.5) is 10.5 Å². The molecule has 2 aliphatic rings. The molecule has 4 rings (SSSR count). The average Bonchev–Trinajstić information content (AvgIpc) is 3.09. The largest absolute Gasteiger partial charge is 0.486 e. The third-order valence-electron chi connectivity index (χ3n) is 4.63. The number of rotatable bonds is 3. The lowest BCUT2D eigenvalue weighted by atomic mass is 10.2. The Morgan fingerprint density at radius 3 is 2.81 bits per heavy atom. The quantitative estimate of drug-likeness (QED) is 0.901. The maximum Gasteiger partial charge on any atom is 0.322 e. The van der Waals surface area contributed by atoms with Crippen molar-refractivity contribution in [1.29, 1.82) is 0 Å². The normalized spacial score (nSPS) is 20.0. The van der Waals surface area contributed by atoms with Gasteiger partial charge in [0.1, 0.15) is 6.61 Å². The number of anilines is 1. The number of urea groups is 1. The van der Waals surface area contributed by atoms with E-state index in [0.717, 1.165) is 37.7 Å². The highest BCUT2D eigenvalue weighted by atomic mass is 16.6. The van der Waals surface area contributed by atoms with E-state index < -0.39 is 0 Å². The lowest BCUT2D eigenvalue weighted by Crippen LogP contribution is -2.48. The van der Waals surface area contributed by atoms with Gasteiger partial charge in [-0.2, -0.15) is 5.10 Å². The summed E-state index contributed by atoms with van der Waals surface area (Å²) in [5.41, 5.74) is 0.686. The molecule has 8 heteroatoms. The molecule has 1 aromatic carbocycles. The summed E-state index contributed by atoms with van der Waals surface area (Å²) in [5.74, 6) is 1.52. The van der Waals surface area contributed by atoms with Gasteiger partial charge < -0.3 is 24.6 Å². The smallest absolute Gasteiger partial charge is 0.322 e. The van der Waals surface area contributed by atoms with E-state index in [1.54, 1.807) is 10.9 Å². The van der Waals surface area contributed by atoms with E-state index >= 15 is 0 Å². The molecule has 1 saturated heterocycles. The minimum atomic E-state index is -0.119. The van der Waals surface area contributed by atoms with Crippen molar-refractivity contribution in [2.75, 3.05) is 45.2 Å². The van der Waals surface area contributed by atoms with Crippen molar-refractivity contribution in [3.8, 4) is 11.5 Å². The van der Waals surface area contributed by atoms with Gasteiger partial charge in [0.05, 0.1) is 18.4 Å². The van der Waals surface area contributed by atoms with E-state index in [-0.39, 0.29) is 12.1 Å². The topological polar surface area (TPSA) is 71.9 Å². The zero-order chi connectivity index (χ0) is 17.9. The Kier molecular flexibility index (Phi) is 4.66. The van der Waals surface area contributed by atoms with Crippen LogP contribution in [0.25, 0.3) is 0 Å². The molecule has 2 amide bonds. The van der Waals surface area contributed by atoms with Crippen LogP contribution >= 0.6 is 0 Å². The van der Waals surface area contributed by atoms with Crippen LogP contribution in [0, 0.1) is 0 Å². The molecular weight excluding hydrogens is 334 g/mol. The van der Waals surface area contributed by atoms with Gasteiger partial charge in [0.15, 0.2) is 17.6 Å². The summed E-state index contributed by atoms with van der Waals surface area (Å²) >= 11 is 0. The molecule has 0 spiro atoms. The van der Waals surface area contributed by atoms with Gasteiger partial charge in [-0.15, -0.1) is 0 Å². The molecule has 2 aliphatic heterocycles. The second kappa shape index (κ2) is 7.25. The molecule has 1 N–H and O–H groups in total. The molecule has 1 fully saturated rings. The Hall–Kier alpha value is -2.74. The van der Waals surface area contributed by atoms with E-state index in [2.05, 4.69) is 22.4 Å². The number of hydrogen-bond acceptors (Lipinski definition) is 5. The Morgan fingerprint density at radius 1 is 1.23 bits per heavy atom. The lowest BCUT2D eigenvalue weighted by molar-refractivity contribution is 0.0759. The van der Waals surface area contributed by atoms with Crippen molar-refractivity contribution in [2.24, 2.45) is 0 Å². The molecule has 0 saturated carbocycles. The fourth-order valence-electron chi connectivity index (χ4n) is 3.10. The number of para-hydroxylation sites is 2. The summed E-state index contributed by atoms with van der Waals surface area (Å²) in [5, 5.41) is 7.23. The third kappa shape index (κ3) is 3.75. The molecule has 1 unspecified atom stereocenters. The Bertz CT molecular complexity index is 770. The van der Waals surface area contributed by atoms with Gasteiger partial charge in [-0.3, -0.25) is 4.68 Å². The molecule has 0 aliphatic carbocycles. The Labute approximate surface area is 152 Å². The highest BCUT2D eigenvalue weighted by Gasteiger charge is 2.22. The second-order valence-corrected chi connectivity index (χ2v) is 6.67. The molecule has 8 nitrogen and oxygen atoms in total. The molecule has 2 aromatic rings. The van der Waals surface area contributed by atoms with E-state index in [1.165, 1.54) is 0 Å². The van der Waals surface area contributed by atoms with Crippen LogP contribution in [-0.4, -0.2) is 71.5 Å². The number of piperazine rings is 1. The Morgan fingerprint density at radius 2 is 2.00 bits per heavy atom. The first-order chi connectivity index (χ1) is 12.7. The number of amides is 2. The number of carbonyl (C=O) groups excluding carboxylic acids is 1. The summed E-state index contributed by atoms with van der Waals surface area (Å²) in [6.45, 7) is 4.30. The molecule has 1 aromatic heterocycles. The standard InChI is InChI=1S/C18H23N5O3/c1-21-6-8-22(9-7-21)18(24)20-14-10-19-23(11-14)12-15-13-25-16-4-2-3-5-17(16)26-15/h2-5,10-11,15H,6-9,12-13H2,1H3,(H,20,24). The van der Waals surface area contributed by atoms with Gasteiger partial charge in [0.25, 0.3) is 0 Å². The number of aromatic nitrogens is 2. The summed E-state index contributed by atoms with van der Waals surface area (Å²) in [4.78, 5) is 16.4. The third-order valence-corrected chi connectivity index (χ3v) is 4.63. The first-order valence-electron chi connectivity index (χ1n) is 8.83. The first kappa shape index (κ1) is 16.7. The molecule has 138 valence electrons. The fraction of sp³-hybridized carbons (Fsp3) is 0.444. The van der Waals surface area contributed by atoms with E-state index in [9.17, 15) is 4.79 Å². The zero-order valence-corrected chi connectivity index (χ0v) is 14.8. The maximum atomic E-state index is 12.3. The maximum absolute atomic E-state index is 12.3. The predicted octanol–water partition coefficient (Wildman–Crippen LogP) is 1.50. The predicted molar refractivity (Wildman–Crippen MR) is 96.7 cm³/mol. The Balaban J connectivity index is 1.32. The van der Waals surface area contributed by atoms with Gasteiger partial charge in [0.2, 0.25) is 0 Å².